The fourth-order valence-corrected chi connectivity index (χ4v) is 2.88. The van der Waals surface area contributed by atoms with Crippen molar-refractivity contribution in [1.82, 2.24) is 10.2 Å². The minimum atomic E-state index is 0.556. The second kappa shape index (κ2) is 4.56. The van der Waals surface area contributed by atoms with E-state index in [1.165, 1.54) is 30.0 Å². The maximum Gasteiger partial charge on any atom is 0.156 e. The molecule has 1 N–H and O–H groups in total. The van der Waals surface area contributed by atoms with Gasteiger partial charge in [-0.05, 0) is 32.1 Å². The van der Waals surface area contributed by atoms with E-state index in [1.807, 2.05) is 6.92 Å². The lowest BCUT2D eigenvalue weighted by molar-refractivity contribution is 0.602. The summed E-state index contributed by atoms with van der Waals surface area (Å²) in [6, 6.07) is 8.91. The highest BCUT2D eigenvalue weighted by molar-refractivity contribution is 5.92. The van der Waals surface area contributed by atoms with Crippen molar-refractivity contribution in [2.75, 3.05) is 5.32 Å². The molecule has 0 amide bonds. The number of aryl methyl sites for hydroxylation is 1. The molecule has 94 valence electrons. The van der Waals surface area contributed by atoms with Gasteiger partial charge in [-0.25, -0.2) is 0 Å². The number of hydrogen-bond donors (Lipinski definition) is 1. The zero-order valence-electron chi connectivity index (χ0n) is 11.0. The lowest BCUT2D eigenvalue weighted by Gasteiger charge is -2.14. The van der Waals surface area contributed by atoms with E-state index < -0.39 is 0 Å². The van der Waals surface area contributed by atoms with Crippen LogP contribution in [0, 0.1) is 12.8 Å². The Morgan fingerprint density at radius 1 is 1.11 bits per heavy atom. The van der Waals surface area contributed by atoms with E-state index in [4.69, 9.17) is 0 Å². The average molecular weight is 241 g/mol. The number of nitrogens with one attached hydrogen (secondary N) is 1. The van der Waals surface area contributed by atoms with E-state index in [0.29, 0.717) is 6.04 Å². The second-order valence-corrected chi connectivity index (χ2v) is 5.44. The van der Waals surface area contributed by atoms with E-state index >= 15 is 0 Å². The monoisotopic (exact) mass is 241 g/mol. The first-order valence-electron chi connectivity index (χ1n) is 6.72. The van der Waals surface area contributed by atoms with E-state index in [9.17, 15) is 0 Å². The Morgan fingerprint density at radius 3 is 2.61 bits per heavy atom. The predicted octanol–water partition coefficient (Wildman–Crippen LogP) is 3.54. The van der Waals surface area contributed by atoms with Crippen LogP contribution in [-0.4, -0.2) is 16.2 Å². The molecule has 2 atom stereocenters. The van der Waals surface area contributed by atoms with E-state index in [1.54, 1.807) is 0 Å². The Labute approximate surface area is 108 Å². The number of rotatable bonds is 2. The van der Waals surface area contributed by atoms with Crippen LogP contribution in [0.4, 0.5) is 5.82 Å². The molecule has 1 saturated carbocycles. The van der Waals surface area contributed by atoms with Crippen molar-refractivity contribution < 1.29 is 0 Å². The predicted molar refractivity (Wildman–Crippen MR) is 74.7 cm³/mol. The Bertz CT molecular complexity index is 565. The lowest BCUT2D eigenvalue weighted by Crippen LogP contribution is -2.17. The summed E-state index contributed by atoms with van der Waals surface area (Å²) in [5.41, 5.74) is 0.996. The van der Waals surface area contributed by atoms with E-state index in [0.717, 1.165) is 17.4 Å². The number of anilines is 1. The molecule has 1 fully saturated rings. The zero-order valence-corrected chi connectivity index (χ0v) is 11.0. The van der Waals surface area contributed by atoms with Crippen LogP contribution >= 0.6 is 0 Å². The Balaban J connectivity index is 1.95. The van der Waals surface area contributed by atoms with Gasteiger partial charge in [0.2, 0.25) is 0 Å². The molecule has 3 rings (SSSR count). The van der Waals surface area contributed by atoms with Crippen LogP contribution in [0.15, 0.2) is 24.3 Å². The SMILES string of the molecule is Cc1nnc(NC2CCC(C)C2)c2ccccc12. The van der Waals surface area contributed by atoms with Crippen LogP contribution < -0.4 is 5.32 Å². The Hall–Kier alpha value is -1.64. The van der Waals surface area contributed by atoms with Gasteiger partial charge >= 0.3 is 0 Å². The molecule has 0 bridgehead atoms. The number of fused-ring (bicyclic) bond motifs is 1. The largest absolute Gasteiger partial charge is 0.365 e. The minimum absolute atomic E-state index is 0.556. The van der Waals surface area contributed by atoms with Crippen molar-refractivity contribution in [3.8, 4) is 0 Å². The summed E-state index contributed by atoms with van der Waals surface area (Å²) in [7, 11) is 0. The molecule has 0 spiro atoms. The van der Waals surface area contributed by atoms with Gasteiger partial charge in [-0.2, -0.15) is 5.10 Å². The summed E-state index contributed by atoms with van der Waals surface area (Å²) >= 11 is 0. The van der Waals surface area contributed by atoms with Crippen LogP contribution in [0.1, 0.15) is 31.9 Å². The number of hydrogen-bond acceptors (Lipinski definition) is 3. The highest BCUT2D eigenvalue weighted by Gasteiger charge is 2.22. The molecule has 1 aliphatic rings. The first-order valence-corrected chi connectivity index (χ1v) is 6.72. The first kappa shape index (κ1) is 11.5. The molecule has 0 saturated heterocycles. The summed E-state index contributed by atoms with van der Waals surface area (Å²) < 4.78 is 0. The fraction of sp³-hybridized carbons (Fsp3) is 0.467. The van der Waals surface area contributed by atoms with Crippen molar-refractivity contribution in [2.24, 2.45) is 5.92 Å². The molecule has 1 aliphatic carbocycles. The van der Waals surface area contributed by atoms with Crippen LogP contribution in [0.2, 0.25) is 0 Å². The third kappa shape index (κ3) is 2.05. The highest BCUT2D eigenvalue weighted by atomic mass is 15.2. The van der Waals surface area contributed by atoms with Gasteiger partial charge in [0, 0.05) is 16.8 Å². The summed E-state index contributed by atoms with van der Waals surface area (Å²) in [5.74, 6) is 1.77. The molecule has 0 aliphatic heterocycles. The molecule has 3 heteroatoms. The number of nitrogens with zero attached hydrogens (tertiary/aromatic N) is 2. The molecule has 2 aromatic rings. The van der Waals surface area contributed by atoms with Gasteiger partial charge in [0.05, 0.1) is 5.69 Å². The van der Waals surface area contributed by atoms with Crippen LogP contribution in [0.3, 0.4) is 0 Å². The topological polar surface area (TPSA) is 37.8 Å². The molecule has 0 radical (unpaired) electrons. The van der Waals surface area contributed by atoms with Gasteiger partial charge in [-0.3, -0.25) is 0 Å². The number of benzene rings is 1. The summed E-state index contributed by atoms with van der Waals surface area (Å²) in [5, 5.41) is 14.5. The maximum atomic E-state index is 4.33. The fourth-order valence-electron chi connectivity index (χ4n) is 2.88. The molecular weight excluding hydrogens is 222 g/mol. The smallest absolute Gasteiger partial charge is 0.156 e. The molecule has 1 aromatic heterocycles. The van der Waals surface area contributed by atoms with Crippen LogP contribution in [0.25, 0.3) is 10.8 Å². The van der Waals surface area contributed by atoms with Crippen LogP contribution in [-0.2, 0) is 0 Å². The standard InChI is InChI=1S/C15H19N3/c1-10-7-8-12(9-10)16-15-14-6-4-3-5-13(14)11(2)17-18-15/h3-6,10,12H,7-9H2,1-2H3,(H,16,18). The summed E-state index contributed by atoms with van der Waals surface area (Å²) in [6.07, 6.45) is 3.80. The van der Waals surface area contributed by atoms with Gasteiger partial charge < -0.3 is 5.32 Å². The average Bonchev–Trinajstić information content (AvgIpc) is 2.79. The van der Waals surface area contributed by atoms with Gasteiger partial charge in [0.25, 0.3) is 0 Å². The van der Waals surface area contributed by atoms with Crippen molar-refractivity contribution >= 4 is 16.6 Å². The third-order valence-electron chi connectivity index (χ3n) is 3.91. The zero-order chi connectivity index (χ0) is 12.5. The second-order valence-electron chi connectivity index (χ2n) is 5.44. The third-order valence-corrected chi connectivity index (χ3v) is 3.91. The Morgan fingerprint density at radius 2 is 1.89 bits per heavy atom. The van der Waals surface area contributed by atoms with Crippen molar-refractivity contribution in [2.45, 2.75) is 39.2 Å². The Kier molecular flexibility index (Phi) is 2.90. The summed E-state index contributed by atoms with van der Waals surface area (Å²) in [4.78, 5) is 0. The van der Waals surface area contributed by atoms with Crippen LogP contribution in [0.5, 0.6) is 0 Å². The van der Waals surface area contributed by atoms with Gasteiger partial charge in [0.1, 0.15) is 0 Å². The minimum Gasteiger partial charge on any atom is -0.365 e. The van der Waals surface area contributed by atoms with E-state index in [2.05, 4.69) is 46.7 Å². The summed E-state index contributed by atoms with van der Waals surface area (Å²) in [6.45, 7) is 4.33. The van der Waals surface area contributed by atoms with Crippen molar-refractivity contribution in [3.05, 3.63) is 30.0 Å². The molecule has 18 heavy (non-hydrogen) atoms. The molecule has 3 nitrogen and oxygen atoms in total. The van der Waals surface area contributed by atoms with Gasteiger partial charge in [-0.1, -0.05) is 31.2 Å². The van der Waals surface area contributed by atoms with Gasteiger partial charge in [0.15, 0.2) is 5.82 Å². The maximum absolute atomic E-state index is 4.33. The highest BCUT2D eigenvalue weighted by Crippen LogP contribution is 2.29. The van der Waals surface area contributed by atoms with Crippen molar-refractivity contribution in [3.63, 3.8) is 0 Å². The van der Waals surface area contributed by atoms with E-state index in [-0.39, 0.29) is 0 Å². The number of aromatic nitrogens is 2. The van der Waals surface area contributed by atoms with Gasteiger partial charge in [-0.15, -0.1) is 5.10 Å². The molecule has 1 aromatic carbocycles. The molecule has 2 unspecified atom stereocenters. The quantitative estimate of drug-likeness (QED) is 0.874. The normalized spacial score (nSPS) is 23.4. The first-order chi connectivity index (χ1) is 8.74. The van der Waals surface area contributed by atoms with Crippen molar-refractivity contribution in [1.29, 1.82) is 0 Å². The molecular formula is C15H19N3. The molecule has 1 heterocycles. The lowest BCUT2D eigenvalue weighted by atomic mass is 10.1.